The molecule has 0 spiro atoms. The summed E-state index contributed by atoms with van der Waals surface area (Å²) in [7, 11) is -3.35. The number of carbonyl (C=O) groups excluding carboxylic acids is 1. The smallest absolute Gasteiger partial charge is 0.322 e. The monoisotopic (exact) mass is 492 g/mol. The van der Waals surface area contributed by atoms with E-state index >= 15 is 0 Å². The summed E-state index contributed by atoms with van der Waals surface area (Å²) < 4.78 is 78.2. The lowest BCUT2D eigenvalue weighted by molar-refractivity contribution is -0.137. The van der Waals surface area contributed by atoms with Crippen molar-refractivity contribution >= 4 is 21.6 Å². The van der Waals surface area contributed by atoms with E-state index in [2.05, 4.69) is 10.0 Å². The van der Waals surface area contributed by atoms with Gasteiger partial charge in [0.05, 0.1) is 17.4 Å². The third-order valence-electron chi connectivity index (χ3n) is 5.53. The third-order valence-corrected chi connectivity index (χ3v) is 6.29. The molecule has 3 aromatic rings. The van der Waals surface area contributed by atoms with Gasteiger partial charge in [0.15, 0.2) is 0 Å². The van der Waals surface area contributed by atoms with E-state index in [0.717, 1.165) is 41.6 Å². The summed E-state index contributed by atoms with van der Waals surface area (Å²) in [5, 5.41) is 2.70. The van der Waals surface area contributed by atoms with Crippen molar-refractivity contribution < 1.29 is 30.8 Å². The van der Waals surface area contributed by atoms with Crippen molar-refractivity contribution in [2.45, 2.75) is 25.1 Å². The quantitative estimate of drug-likeness (QED) is 0.504. The average Bonchev–Trinajstić information content (AvgIpc) is 3.12. The van der Waals surface area contributed by atoms with Gasteiger partial charge in [-0.15, -0.1) is 0 Å². The predicted octanol–water partition coefficient (Wildman–Crippen LogP) is 4.78. The zero-order valence-electron chi connectivity index (χ0n) is 17.9. The van der Waals surface area contributed by atoms with Gasteiger partial charge in [0, 0.05) is 11.7 Å². The van der Waals surface area contributed by atoms with Gasteiger partial charge in [-0.25, -0.2) is 17.5 Å². The summed E-state index contributed by atoms with van der Waals surface area (Å²) in [6, 6.07) is 12.7. The van der Waals surface area contributed by atoms with E-state index in [1.807, 2.05) is 0 Å². The van der Waals surface area contributed by atoms with E-state index in [0.29, 0.717) is 24.1 Å². The highest BCUT2D eigenvalue weighted by Gasteiger charge is 2.30. The molecule has 1 atom stereocenters. The van der Waals surface area contributed by atoms with E-state index in [1.165, 1.54) is 18.2 Å². The van der Waals surface area contributed by atoms with Gasteiger partial charge in [-0.2, -0.15) is 13.2 Å². The van der Waals surface area contributed by atoms with Crippen LogP contribution in [0.5, 0.6) is 0 Å². The molecule has 34 heavy (non-hydrogen) atoms. The Morgan fingerprint density at radius 1 is 0.941 bits per heavy atom. The molecule has 3 aromatic carbocycles. The number of fused-ring (bicyclic) bond motifs is 1. The standard InChI is InChI=1S/C24H20F4N2O3S/c1-34(32,33)30-20-10-15-4-8-19(11-16(15)12-20)29-23(31)22-13-18(25)7-9-21(22)14-2-5-17(6-3-14)24(26,27)28/h2-9,11,13,20,30H,10,12H2,1H3,(H,29,31)/t20-/m1/s1. The second kappa shape index (κ2) is 8.84. The Balaban J connectivity index is 1.57. The molecule has 4 rings (SSSR count). The van der Waals surface area contributed by atoms with E-state index in [1.54, 1.807) is 18.2 Å². The lowest BCUT2D eigenvalue weighted by Gasteiger charge is -2.13. The molecule has 0 aromatic heterocycles. The molecule has 0 bridgehead atoms. The SMILES string of the molecule is CS(=O)(=O)N[C@@H]1Cc2ccc(NC(=O)c3cc(F)ccc3-c3ccc(C(F)(F)F)cc3)cc2C1. The van der Waals surface area contributed by atoms with E-state index in [-0.39, 0.29) is 17.2 Å². The summed E-state index contributed by atoms with van der Waals surface area (Å²) >= 11 is 0. The van der Waals surface area contributed by atoms with Gasteiger partial charge in [-0.3, -0.25) is 4.79 Å². The molecule has 5 nitrogen and oxygen atoms in total. The van der Waals surface area contributed by atoms with Crippen LogP contribution in [0, 0.1) is 5.82 Å². The van der Waals surface area contributed by atoms with Crippen molar-refractivity contribution in [2.24, 2.45) is 0 Å². The Hall–Kier alpha value is -3.24. The van der Waals surface area contributed by atoms with Crippen LogP contribution >= 0.6 is 0 Å². The molecule has 0 fully saturated rings. The number of carbonyl (C=O) groups is 1. The number of halogens is 4. The minimum Gasteiger partial charge on any atom is -0.322 e. The van der Waals surface area contributed by atoms with Crippen LogP contribution in [0.15, 0.2) is 60.7 Å². The molecule has 1 amide bonds. The van der Waals surface area contributed by atoms with E-state index < -0.39 is 33.5 Å². The molecule has 0 unspecified atom stereocenters. The van der Waals surface area contributed by atoms with Crippen LogP contribution < -0.4 is 10.0 Å². The van der Waals surface area contributed by atoms with Crippen LogP contribution in [0.3, 0.4) is 0 Å². The van der Waals surface area contributed by atoms with Gasteiger partial charge >= 0.3 is 6.18 Å². The topological polar surface area (TPSA) is 75.3 Å². The summed E-state index contributed by atoms with van der Waals surface area (Å²) in [6.45, 7) is 0. The number of nitrogens with one attached hydrogen (secondary N) is 2. The number of hydrogen-bond acceptors (Lipinski definition) is 3. The van der Waals surface area contributed by atoms with Crippen LogP contribution in [-0.2, 0) is 29.0 Å². The molecular formula is C24H20F4N2O3S. The number of amides is 1. The minimum absolute atomic E-state index is 0.0307. The molecule has 2 N–H and O–H groups in total. The van der Waals surface area contributed by atoms with Crippen LogP contribution in [-0.4, -0.2) is 26.6 Å². The van der Waals surface area contributed by atoms with Gasteiger partial charge in [0.2, 0.25) is 10.0 Å². The lowest BCUT2D eigenvalue weighted by Crippen LogP contribution is -2.34. The maximum atomic E-state index is 14.0. The molecule has 1 aliphatic carbocycles. The maximum Gasteiger partial charge on any atom is 0.416 e. The van der Waals surface area contributed by atoms with Crippen LogP contribution in [0.1, 0.15) is 27.0 Å². The summed E-state index contributed by atoms with van der Waals surface area (Å²) in [5.41, 5.74) is 2.03. The van der Waals surface area contributed by atoms with E-state index in [4.69, 9.17) is 0 Å². The van der Waals surface area contributed by atoms with Crippen molar-refractivity contribution in [1.29, 1.82) is 0 Å². The number of benzene rings is 3. The normalized spacial score (nSPS) is 15.7. The molecule has 0 aliphatic heterocycles. The molecule has 1 aliphatic rings. The van der Waals surface area contributed by atoms with Crippen LogP contribution in [0.25, 0.3) is 11.1 Å². The van der Waals surface area contributed by atoms with Gasteiger partial charge in [0.1, 0.15) is 5.82 Å². The van der Waals surface area contributed by atoms with Gasteiger partial charge in [-0.1, -0.05) is 24.3 Å². The van der Waals surface area contributed by atoms with Crippen molar-refractivity contribution in [3.05, 3.63) is 88.7 Å². The van der Waals surface area contributed by atoms with Crippen molar-refractivity contribution in [3.8, 4) is 11.1 Å². The van der Waals surface area contributed by atoms with Crippen molar-refractivity contribution in [3.63, 3.8) is 0 Å². The number of rotatable bonds is 5. The first kappa shape index (κ1) is 23.9. The third kappa shape index (κ3) is 5.45. The highest BCUT2D eigenvalue weighted by atomic mass is 32.2. The van der Waals surface area contributed by atoms with Crippen LogP contribution in [0.2, 0.25) is 0 Å². The number of anilines is 1. The predicted molar refractivity (Wildman–Crippen MR) is 120 cm³/mol. The Labute approximate surface area is 193 Å². The van der Waals surface area contributed by atoms with Gasteiger partial charge in [0.25, 0.3) is 5.91 Å². The minimum atomic E-state index is -4.50. The summed E-state index contributed by atoms with van der Waals surface area (Å²) in [4.78, 5) is 13.0. The zero-order valence-corrected chi connectivity index (χ0v) is 18.7. The van der Waals surface area contributed by atoms with Gasteiger partial charge in [-0.05, 0) is 71.5 Å². The fraction of sp³-hybridized carbons (Fsp3) is 0.208. The number of sulfonamides is 1. The number of hydrogen-bond donors (Lipinski definition) is 2. The Morgan fingerprint density at radius 2 is 1.62 bits per heavy atom. The fourth-order valence-corrected chi connectivity index (χ4v) is 4.85. The molecule has 0 radical (unpaired) electrons. The Bertz CT molecular complexity index is 1350. The molecule has 0 saturated heterocycles. The first-order valence-electron chi connectivity index (χ1n) is 10.3. The van der Waals surface area contributed by atoms with Crippen molar-refractivity contribution in [2.75, 3.05) is 11.6 Å². The lowest BCUT2D eigenvalue weighted by atomic mass is 9.97. The largest absolute Gasteiger partial charge is 0.416 e. The fourth-order valence-electron chi connectivity index (χ4n) is 4.08. The summed E-state index contributed by atoms with van der Waals surface area (Å²) in [6.07, 6.45) is -2.42. The second-order valence-corrected chi connectivity index (χ2v) is 9.98. The number of alkyl halides is 3. The average molecular weight is 492 g/mol. The van der Waals surface area contributed by atoms with Crippen molar-refractivity contribution in [1.82, 2.24) is 4.72 Å². The second-order valence-electron chi connectivity index (χ2n) is 8.20. The Morgan fingerprint density at radius 3 is 2.26 bits per heavy atom. The zero-order chi connectivity index (χ0) is 24.7. The highest BCUT2D eigenvalue weighted by molar-refractivity contribution is 7.88. The maximum absolute atomic E-state index is 14.0. The first-order chi connectivity index (χ1) is 15.9. The van der Waals surface area contributed by atoms with Crippen LogP contribution in [0.4, 0.5) is 23.2 Å². The summed E-state index contributed by atoms with van der Waals surface area (Å²) in [5.74, 6) is -1.29. The molecule has 10 heteroatoms. The first-order valence-corrected chi connectivity index (χ1v) is 12.2. The van der Waals surface area contributed by atoms with Gasteiger partial charge < -0.3 is 5.32 Å². The molecular weight excluding hydrogens is 472 g/mol. The van der Waals surface area contributed by atoms with E-state index in [9.17, 15) is 30.8 Å². The highest BCUT2D eigenvalue weighted by Crippen LogP contribution is 2.32. The molecule has 178 valence electrons. The molecule has 0 saturated carbocycles. The molecule has 0 heterocycles. The Kier molecular flexibility index (Phi) is 6.22.